The first kappa shape index (κ1) is 15.9. The van der Waals surface area contributed by atoms with Crippen molar-refractivity contribution >= 4 is 9.84 Å². The van der Waals surface area contributed by atoms with Gasteiger partial charge in [-0.2, -0.15) is 0 Å². The van der Waals surface area contributed by atoms with E-state index in [0.29, 0.717) is 11.8 Å². The summed E-state index contributed by atoms with van der Waals surface area (Å²) in [5.41, 5.74) is 5.58. The molecule has 0 bridgehead atoms. The molecular weight excluding hydrogens is 248 g/mol. The molecule has 0 spiro atoms. The van der Waals surface area contributed by atoms with Gasteiger partial charge in [0.05, 0.1) is 5.75 Å². The quantitative estimate of drug-likeness (QED) is 0.728. The highest BCUT2D eigenvalue weighted by molar-refractivity contribution is 7.90. The predicted octanol–water partition coefficient (Wildman–Crippen LogP) is 1.40. The van der Waals surface area contributed by atoms with E-state index in [1.54, 1.807) is 0 Å². The van der Waals surface area contributed by atoms with Crippen LogP contribution in [0.25, 0.3) is 0 Å². The van der Waals surface area contributed by atoms with E-state index in [4.69, 9.17) is 5.73 Å². The molecule has 18 heavy (non-hydrogen) atoms. The average Bonchev–Trinajstić information content (AvgIpc) is 2.33. The van der Waals surface area contributed by atoms with Crippen molar-refractivity contribution in [1.82, 2.24) is 4.90 Å². The Kier molecular flexibility index (Phi) is 7.19. The van der Waals surface area contributed by atoms with Gasteiger partial charge < -0.3 is 10.6 Å². The van der Waals surface area contributed by atoms with Crippen molar-refractivity contribution in [3.8, 4) is 0 Å². The maximum Gasteiger partial charge on any atom is 0.147 e. The molecule has 0 saturated heterocycles. The molecule has 0 unspecified atom stereocenters. The van der Waals surface area contributed by atoms with Crippen LogP contribution in [0.5, 0.6) is 0 Å². The summed E-state index contributed by atoms with van der Waals surface area (Å²) in [6.45, 7) is 2.64. The van der Waals surface area contributed by atoms with Crippen molar-refractivity contribution in [3.63, 3.8) is 0 Å². The van der Waals surface area contributed by atoms with E-state index in [9.17, 15) is 8.42 Å². The summed E-state index contributed by atoms with van der Waals surface area (Å²) in [5.74, 6) is 0.304. The fraction of sp³-hybridized carbons (Fsp3) is 1.00. The summed E-state index contributed by atoms with van der Waals surface area (Å²) in [4.78, 5) is 2.47. The summed E-state index contributed by atoms with van der Waals surface area (Å²) in [7, 11) is -2.82. The molecule has 1 aliphatic rings. The molecule has 2 N–H and O–H groups in total. The lowest BCUT2D eigenvalue weighted by molar-refractivity contribution is 0.155. The molecule has 1 saturated carbocycles. The third-order valence-corrected chi connectivity index (χ3v) is 4.73. The van der Waals surface area contributed by atoms with Gasteiger partial charge in [0.2, 0.25) is 0 Å². The fourth-order valence-electron chi connectivity index (χ4n) is 2.75. The number of nitrogens with zero attached hydrogens (tertiary/aromatic N) is 1. The first-order chi connectivity index (χ1) is 8.53. The van der Waals surface area contributed by atoms with Crippen LogP contribution in [0.4, 0.5) is 0 Å². The van der Waals surface area contributed by atoms with Gasteiger partial charge in [0.25, 0.3) is 0 Å². The molecule has 0 amide bonds. The highest BCUT2D eigenvalue weighted by Gasteiger charge is 2.20. The largest absolute Gasteiger partial charge is 0.330 e. The molecule has 0 heterocycles. The predicted molar refractivity (Wildman–Crippen MR) is 76.4 cm³/mol. The second kappa shape index (κ2) is 8.12. The van der Waals surface area contributed by atoms with Crippen molar-refractivity contribution in [2.45, 2.75) is 51.0 Å². The lowest BCUT2D eigenvalue weighted by Crippen LogP contribution is -2.39. The van der Waals surface area contributed by atoms with Crippen LogP contribution >= 0.6 is 0 Å². The molecule has 0 aromatic heterocycles. The summed E-state index contributed by atoms with van der Waals surface area (Å²) in [5, 5.41) is 0. The second-order valence-electron chi connectivity index (χ2n) is 5.45. The lowest BCUT2D eigenvalue weighted by Gasteiger charge is -2.34. The maximum atomic E-state index is 11.2. The molecule has 5 heteroatoms. The van der Waals surface area contributed by atoms with Gasteiger partial charge >= 0.3 is 0 Å². The van der Waals surface area contributed by atoms with E-state index in [-0.39, 0.29) is 0 Å². The Bertz CT molecular complexity index is 311. The van der Waals surface area contributed by atoms with Crippen LogP contribution in [0.3, 0.4) is 0 Å². The molecule has 4 nitrogen and oxygen atoms in total. The van der Waals surface area contributed by atoms with Crippen molar-refractivity contribution in [2.75, 3.05) is 31.6 Å². The Morgan fingerprint density at radius 1 is 1.11 bits per heavy atom. The van der Waals surface area contributed by atoms with Crippen LogP contribution in [0.2, 0.25) is 0 Å². The van der Waals surface area contributed by atoms with Crippen molar-refractivity contribution in [3.05, 3.63) is 0 Å². The summed E-state index contributed by atoms with van der Waals surface area (Å²) in [6.07, 6.45) is 9.59. The molecule has 0 radical (unpaired) electrons. The van der Waals surface area contributed by atoms with E-state index in [0.717, 1.165) is 32.5 Å². The van der Waals surface area contributed by atoms with Crippen LogP contribution in [0.15, 0.2) is 0 Å². The second-order valence-corrected chi connectivity index (χ2v) is 7.71. The molecule has 108 valence electrons. The zero-order valence-corrected chi connectivity index (χ0v) is 12.4. The number of rotatable bonds is 8. The Morgan fingerprint density at radius 3 is 2.28 bits per heavy atom. The van der Waals surface area contributed by atoms with Gasteiger partial charge in [-0.1, -0.05) is 19.3 Å². The van der Waals surface area contributed by atoms with Crippen LogP contribution < -0.4 is 5.73 Å². The SMILES string of the molecule is CS(=O)(=O)CCCN(CCCN)C1CCCCC1. The Balaban J connectivity index is 2.38. The molecule has 1 aliphatic carbocycles. The van der Waals surface area contributed by atoms with E-state index < -0.39 is 9.84 Å². The number of sulfone groups is 1. The summed E-state index contributed by atoms with van der Waals surface area (Å²) >= 11 is 0. The van der Waals surface area contributed by atoms with Gasteiger partial charge in [-0.25, -0.2) is 8.42 Å². The summed E-state index contributed by atoms with van der Waals surface area (Å²) in [6, 6.07) is 0.657. The lowest BCUT2D eigenvalue weighted by atomic mass is 9.94. The number of hydrogen-bond donors (Lipinski definition) is 1. The van der Waals surface area contributed by atoms with Gasteiger partial charge in [-0.15, -0.1) is 0 Å². The zero-order valence-electron chi connectivity index (χ0n) is 11.6. The fourth-order valence-corrected chi connectivity index (χ4v) is 3.40. The van der Waals surface area contributed by atoms with E-state index in [1.165, 1.54) is 38.4 Å². The van der Waals surface area contributed by atoms with Gasteiger partial charge in [0.15, 0.2) is 0 Å². The molecule has 0 aromatic rings. The highest BCUT2D eigenvalue weighted by atomic mass is 32.2. The zero-order chi connectivity index (χ0) is 13.4. The monoisotopic (exact) mass is 276 g/mol. The van der Waals surface area contributed by atoms with E-state index >= 15 is 0 Å². The van der Waals surface area contributed by atoms with Crippen LogP contribution in [-0.4, -0.2) is 51.0 Å². The van der Waals surface area contributed by atoms with E-state index in [2.05, 4.69) is 4.90 Å². The highest BCUT2D eigenvalue weighted by Crippen LogP contribution is 2.22. The van der Waals surface area contributed by atoms with Gasteiger partial charge in [-0.3, -0.25) is 0 Å². The standard InChI is InChI=1S/C13H28N2O2S/c1-18(16,17)12-6-11-15(10-5-9-14)13-7-3-2-4-8-13/h13H,2-12,14H2,1H3. The Hall–Kier alpha value is -0.130. The topological polar surface area (TPSA) is 63.4 Å². The molecule has 0 atom stereocenters. The van der Waals surface area contributed by atoms with Crippen molar-refractivity contribution in [2.24, 2.45) is 5.73 Å². The minimum Gasteiger partial charge on any atom is -0.330 e. The smallest absolute Gasteiger partial charge is 0.147 e. The van der Waals surface area contributed by atoms with Crippen molar-refractivity contribution < 1.29 is 8.42 Å². The van der Waals surface area contributed by atoms with Crippen molar-refractivity contribution in [1.29, 1.82) is 0 Å². The molecular formula is C13H28N2O2S. The van der Waals surface area contributed by atoms with Gasteiger partial charge in [0, 0.05) is 12.3 Å². The van der Waals surface area contributed by atoms with Crippen LogP contribution in [0.1, 0.15) is 44.9 Å². The Labute approximate surface area is 112 Å². The minimum absolute atomic E-state index is 0.304. The number of nitrogens with two attached hydrogens (primary N) is 1. The minimum atomic E-state index is -2.82. The summed E-state index contributed by atoms with van der Waals surface area (Å²) < 4.78 is 22.3. The maximum absolute atomic E-state index is 11.2. The molecule has 1 fully saturated rings. The first-order valence-corrected chi connectivity index (χ1v) is 9.21. The third kappa shape index (κ3) is 6.71. The van der Waals surface area contributed by atoms with Gasteiger partial charge in [-0.05, 0) is 45.3 Å². The Morgan fingerprint density at radius 2 is 1.72 bits per heavy atom. The van der Waals surface area contributed by atoms with E-state index in [1.807, 2.05) is 0 Å². The molecule has 1 rings (SSSR count). The number of hydrogen-bond acceptors (Lipinski definition) is 4. The first-order valence-electron chi connectivity index (χ1n) is 7.15. The van der Waals surface area contributed by atoms with Crippen LogP contribution in [-0.2, 0) is 9.84 Å². The molecule has 0 aliphatic heterocycles. The normalized spacial score (nSPS) is 18.4. The van der Waals surface area contributed by atoms with Crippen LogP contribution in [0, 0.1) is 0 Å². The van der Waals surface area contributed by atoms with Gasteiger partial charge in [0.1, 0.15) is 9.84 Å². The average molecular weight is 276 g/mol. The third-order valence-electron chi connectivity index (χ3n) is 3.70. The molecule has 0 aromatic carbocycles.